The molecule has 0 radical (unpaired) electrons. The number of hydrogen-bond acceptors (Lipinski definition) is 5. The quantitative estimate of drug-likeness (QED) is 0.181. The Morgan fingerprint density at radius 3 is 2.26 bits per heavy atom. The molecule has 4 aromatic carbocycles. The Hall–Kier alpha value is -3.54. The van der Waals surface area contributed by atoms with E-state index in [1.54, 1.807) is 14.2 Å². The van der Waals surface area contributed by atoms with Crippen LogP contribution in [0.2, 0.25) is 0 Å². The highest BCUT2D eigenvalue weighted by molar-refractivity contribution is 5.84. The highest BCUT2D eigenvalue weighted by atomic mass is 16.5. The summed E-state index contributed by atoms with van der Waals surface area (Å²) in [6.45, 7) is 2.81. The van der Waals surface area contributed by atoms with E-state index >= 15 is 0 Å². The number of rotatable bonds is 15. The summed E-state index contributed by atoms with van der Waals surface area (Å²) in [5.41, 5.74) is 3.66. The fraction of sp³-hybridized carbons (Fsp3) is 0.333. The maximum atomic E-state index is 9.67. The van der Waals surface area contributed by atoms with Crippen LogP contribution in [0.3, 0.4) is 0 Å². The van der Waals surface area contributed by atoms with Gasteiger partial charge in [0.2, 0.25) is 0 Å². The number of ether oxygens (including phenoxy) is 3. The van der Waals surface area contributed by atoms with E-state index < -0.39 is 0 Å². The van der Waals surface area contributed by atoms with Crippen molar-refractivity contribution in [2.24, 2.45) is 0 Å². The van der Waals surface area contributed by atoms with E-state index in [-0.39, 0.29) is 6.61 Å². The Morgan fingerprint density at radius 2 is 1.47 bits per heavy atom. The highest BCUT2D eigenvalue weighted by Gasteiger charge is 2.12. The first kappa shape index (κ1) is 27.5. The van der Waals surface area contributed by atoms with E-state index in [4.69, 9.17) is 14.2 Å². The van der Waals surface area contributed by atoms with Gasteiger partial charge in [-0.05, 0) is 71.8 Å². The minimum atomic E-state index is 0.0962. The van der Waals surface area contributed by atoms with E-state index in [1.807, 2.05) is 18.2 Å². The standard InChI is InChI=1S/C33H39NO4/c1-36-31-16-15-30(33(23-31)37-2)25-34(18-19-35)24-27-12-13-29-22-32(17-14-28(29)21-27)38-20-8-4-7-11-26-9-5-3-6-10-26/h3,5-6,9-10,12-17,21-23,35H,4,7-8,11,18-20,24-25H2,1-2H3. The van der Waals surface area contributed by atoms with Gasteiger partial charge >= 0.3 is 0 Å². The van der Waals surface area contributed by atoms with Crippen molar-refractivity contribution in [1.29, 1.82) is 0 Å². The Bertz CT molecular complexity index is 1270. The third kappa shape index (κ3) is 7.98. The van der Waals surface area contributed by atoms with Crippen LogP contribution in [0.25, 0.3) is 10.8 Å². The van der Waals surface area contributed by atoms with E-state index in [2.05, 4.69) is 71.6 Å². The molecule has 38 heavy (non-hydrogen) atoms. The summed E-state index contributed by atoms with van der Waals surface area (Å²) < 4.78 is 16.9. The third-order valence-electron chi connectivity index (χ3n) is 6.81. The van der Waals surface area contributed by atoms with Gasteiger partial charge in [-0.3, -0.25) is 4.90 Å². The van der Waals surface area contributed by atoms with Crippen LogP contribution < -0.4 is 14.2 Å². The summed E-state index contributed by atoms with van der Waals surface area (Å²) >= 11 is 0. The van der Waals surface area contributed by atoms with Crippen molar-refractivity contribution in [3.05, 3.63) is 102 Å². The molecule has 4 rings (SSSR count). The number of aryl methyl sites for hydroxylation is 1. The van der Waals surface area contributed by atoms with Crippen LogP contribution in [0.4, 0.5) is 0 Å². The molecule has 0 saturated heterocycles. The Balaban J connectivity index is 1.31. The maximum Gasteiger partial charge on any atom is 0.127 e. The number of aliphatic hydroxyl groups is 1. The van der Waals surface area contributed by atoms with Gasteiger partial charge in [0, 0.05) is 31.3 Å². The molecule has 200 valence electrons. The van der Waals surface area contributed by atoms with Crippen molar-refractivity contribution in [3.63, 3.8) is 0 Å². The van der Waals surface area contributed by atoms with Crippen molar-refractivity contribution in [1.82, 2.24) is 4.90 Å². The van der Waals surface area contributed by atoms with Crippen LogP contribution in [0.1, 0.15) is 36.0 Å². The lowest BCUT2D eigenvalue weighted by atomic mass is 10.1. The second-order valence-electron chi connectivity index (χ2n) is 9.60. The molecule has 0 aliphatic rings. The minimum absolute atomic E-state index is 0.0962. The number of hydrogen-bond donors (Lipinski definition) is 1. The first-order valence-corrected chi connectivity index (χ1v) is 13.4. The van der Waals surface area contributed by atoms with Gasteiger partial charge in [0.05, 0.1) is 27.4 Å². The largest absolute Gasteiger partial charge is 0.497 e. The van der Waals surface area contributed by atoms with Crippen molar-refractivity contribution in [3.8, 4) is 17.2 Å². The van der Waals surface area contributed by atoms with Gasteiger partial charge in [0.1, 0.15) is 17.2 Å². The van der Waals surface area contributed by atoms with Gasteiger partial charge in [-0.2, -0.15) is 0 Å². The van der Waals surface area contributed by atoms with Gasteiger partial charge in [0.25, 0.3) is 0 Å². The molecule has 0 bridgehead atoms. The summed E-state index contributed by atoms with van der Waals surface area (Å²) in [5, 5.41) is 12.0. The van der Waals surface area contributed by atoms with Crippen molar-refractivity contribution >= 4 is 10.8 Å². The van der Waals surface area contributed by atoms with Crippen molar-refractivity contribution in [2.75, 3.05) is 34.0 Å². The summed E-state index contributed by atoms with van der Waals surface area (Å²) in [6, 6.07) is 29.4. The molecule has 5 nitrogen and oxygen atoms in total. The number of benzene rings is 4. The first-order chi connectivity index (χ1) is 18.7. The molecule has 1 N–H and O–H groups in total. The molecule has 4 aromatic rings. The van der Waals surface area contributed by atoms with Gasteiger partial charge in [-0.25, -0.2) is 0 Å². The number of aliphatic hydroxyl groups excluding tert-OH is 1. The molecular weight excluding hydrogens is 474 g/mol. The van der Waals surface area contributed by atoms with Crippen molar-refractivity contribution in [2.45, 2.75) is 38.8 Å². The zero-order valence-corrected chi connectivity index (χ0v) is 22.6. The van der Waals surface area contributed by atoms with Crippen LogP contribution in [0.15, 0.2) is 84.9 Å². The average molecular weight is 514 g/mol. The SMILES string of the molecule is COc1ccc(CN(CCO)Cc2ccc3cc(OCCCCCc4ccccc4)ccc3c2)c(OC)c1. The molecule has 0 amide bonds. The topological polar surface area (TPSA) is 51.2 Å². The van der Waals surface area contributed by atoms with Crippen LogP contribution in [0, 0.1) is 0 Å². The lowest BCUT2D eigenvalue weighted by Crippen LogP contribution is -2.26. The summed E-state index contributed by atoms with van der Waals surface area (Å²) in [5.74, 6) is 2.47. The van der Waals surface area contributed by atoms with E-state index in [1.165, 1.54) is 34.7 Å². The second kappa shape index (κ2) is 14.4. The molecule has 0 saturated carbocycles. The second-order valence-corrected chi connectivity index (χ2v) is 9.60. The molecular formula is C33H39NO4. The molecule has 0 atom stereocenters. The molecule has 0 aliphatic carbocycles. The average Bonchev–Trinajstić information content (AvgIpc) is 2.95. The predicted molar refractivity (Wildman–Crippen MR) is 154 cm³/mol. The molecule has 5 heteroatoms. The van der Waals surface area contributed by atoms with Crippen LogP contribution >= 0.6 is 0 Å². The Labute approximate surface area is 226 Å². The van der Waals surface area contributed by atoms with Crippen molar-refractivity contribution < 1.29 is 19.3 Å². The smallest absolute Gasteiger partial charge is 0.127 e. The molecule has 0 fully saturated rings. The molecule has 0 unspecified atom stereocenters. The molecule has 0 aromatic heterocycles. The van der Waals surface area contributed by atoms with E-state index in [9.17, 15) is 5.11 Å². The van der Waals surface area contributed by atoms with E-state index in [0.29, 0.717) is 13.1 Å². The number of fused-ring (bicyclic) bond motifs is 1. The minimum Gasteiger partial charge on any atom is -0.497 e. The zero-order valence-electron chi connectivity index (χ0n) is 22.6. The van der Waals surface area contributed by atoms with Gasteiger partial charge in [0.15, 0.2) is 0 Å². The molecule has 0 spiro atoms. The zero-order chi connectivity index (χ0) is 26.6. The van der Waals surface area contributed by atoms with Gasteiger partial charge < -0.3 is 19.3 Å². The fourth-order valence-electron chi connectivity index (χ4n) is 4.74. The Morgan fingerprint density at radius 1 is 0.684 bits per heavy atom. The van der Waals surface area contributed by atoms with Crippen LogP contribution in [-0.4, -0.2) is 44.0 Å². The van der Waals surface area contributed by atoms with E-state index in [0.717, 1.165) is 48.8 Å². The summed E-state index contributed by atoms with van der Waals surface area (Å²) in [6.07, 6.45) is 4.54. The number of nitrogens with zero attached hydrogens (tertiary/aromatic N) is 1. The normalized spacial score (nSPS) is 11.2. The highest BCUT2D eigenvalue weighted by Crippen LogP contribution is 2.27. The van der Waals surface area contributed by atoms with Gasteiger partial charge in [-0.1, -0.05) is 54.6 Å². The van der Waals surface area contributed by atoms with Crippen LogP contribution in [-0.2, 0) is 19.5 Å². The predicted octanol–water partition coefficient (Wildman–Crippen LogP) is 6.64. The summed E-state index contributed by atoms with van der Waals surface area (Å²) in [4.78, 5) is 2.22. The van der Waals surface area contributed by atoms with Gasteiger partial charge in [-0.15, -0.1) is 0 Å². The molecule has 0 aliphatic heterocycles. The number of unbranched alkanes of at least 4 members (excludes halogenated alkanes) is 2. The Kier molecular flexibility index (Phi) is 10.4. The lowest BCUT2D eigenvalue weighted by molar-refractivity contribution is 0.183. The molecule has 0 heterocycles. The first-order valence-electron chi connectivity index (χ1n) is 13.4. The third-order valence-corrected chi connectivity index (χ3v) is 6.81. The maximum absolute atomic E-state index is 9.67. The number of methoxy groups -OCH3 is 2. The summed E-state index contributed by atoms with van der Waals surface area (Å²) in [7, 11) is 3.32. The van der Waals surface area contributed by atoms with Crippen LogP contribution in [0.5, 0.6) is 17.2 Å². The monoisotopic (exact) mass is 513 g/mol. The fourth-order valence-corrected chi connectivity index (χ4v) is 4.74. The lowest BCUT2D eigenvalue weighted by Gasteiger charge is -2.23.